The highest BCUT2D eigenvalue weighted by Gasteiger charge is 2.27. The minimum atomic E-state index is -0.260. The molecule has 0 atom stereocenters. The maximum Gasteiger partial charge on any atom is 0.251 e. The van der Waals surface area contributed by atoms with Crippen LogP contribution in [0, 0.1) is 0 Å². The number of amides is 3. The number of imide groups is 1. The third-order valence-electron chi connectivity index (χ3n) is 4.86. The molecule has 2 aromatic rings. The summed E-state index contributed by atoms with van der Waals surface area (Å²) in [5.74, 6) is 1.23. The molecule has 0 bridgehead atoms. The highest BCUT2D eigenvalue weighted by molar-refractivity contribution is 6.01. The van der Waals surface area contributed by atoms with Crippen LogP contribution in [0.25, 0.3) is 0 Å². The van der Waals surface area contributed by atoms with Gasteiger partial charge in [0.2, 0.25) is 11.8 Å². The van der Waals surface area contributed by atoms with Gasteiger partial charge in [-0.1, -0.05) is 18.2 Å². The molecule has 1 heterocycles. The minimum absolute atomic E-state index is 0.146. The summed E-state index contributed by atoms with van der Waals surface area (Å²) >= 11 is 0. The molecule has 1 saturated heterocycles. The second kappa shape index (κ2) is 11.7. The van der Waals surface area contributed by atoms with Crippen molar-refractivity contribution in [3.63, 3.8) is 0 Å². The van der Waals surface area contributed by atoms with Crippen LogP contribution in [0.5, 0.6) is 17.2 Å². The molecular weight excluding hydrogens is 412 g/mol. The first-order chi connectivity index (χ1) is 15.6. The molecule has 0 radical (unpaired) electrons. The van der Waals surface area contributed by atoms with Crippen molar-refractivity contribution in [1.29, 1.82) is 0 Å². The van der Waals surface area contributed by atoms with Crippen molar-refractivity contribution in [2.45, 2.75) is 26.2 Å². The molecule has 0 unspecified atom stereocenters. The lowest BCUT2D eigenvalue weighted by molar-refractivity contribution is -0.138. The van der Waals surface area contributed by atoms with Gasteiger partial charge in [-0.05, 0) is 43.7 Å². The van der Waals surface area contributed by atoms with E-state index in [1.165, 1.54) is 4.90 Å². The first kappa shape index (κ1) is 23.1. The van der Waals surface area contributed by atoms with Crippen LogP contribution in [0.1, 0.15) is 36.5 Å². The standard InChI is InChI=1S/C24H28N2O6/c1-2-30-21-17-18(24(29)25-13-6-14-26-22(27)11-12-23(26)28)9-10-20(21)32-16-15-31-19-7-4-3-5-8-19/h3-5,7-10,17H,2,6,11-16H2,1H3,(H,25,29). The van der Waals surface area contributed by atoms with Crippen molar-refractivity contribution in [2.75, 3.05) is 32.9 Å². The van der Waals surface area contributed by atoms with E-state index < -0.39 is 0 Å². The second-order valence-corrected chi connectivity index (χ2v) is 7.15. The molecule has 0 aliphatic carbocycles. The summed E-state index contributed by atoms with van der Waals surface area (Å²) in [6, 6.07) is 14.5. The molecule has 1 N–H and O–H groups in total. The third kappa shape index (κ3) is 6.47. The zero-order valence-corrected chi connectivity index (χ0v) is 18.2. The summed E-state index contributed by atoms with van der Waals surface area (Å²) in [5, 5.41) is 2.81. The average Bonchev–Trinajstić information content (AvgIpc) is 3.13. The van der Waals surface area contributed by atoms with E-state index in [1.54, 1.807) is 18.2 Å². The Kier molecular flexibility index (Phi) is 8.48. The number of hydrogen-bond donors (Lipinski definition) is 1. The second-order valence-electron chi connectivity index (χ2n) is 7.15. The highest BCUT2D eigenvalue weighted by Crippen LogP contribution is 2.28. The number of carbonyl (C=O) groups excluding carboxylic acids is 3. The van der Waals surface area contributed by atoms with Gasteiger partial charge in [-0.15, -0.1) is 0 Å². The van der Waals surface area contributed by atoms with E-state index in [1.807, 2.05) is 37.3 Å². The van der Waals surface area contributed by atoms with Crippen molar-refractivity contribution in [3.8, 4) is 17.2 Å². The molecule has 1 aliphatic rings. The van der Waals surface area contributed by atoms with Crippen LogP contribution < -0.4 is 19.5 Å². The Bertz CT molecular complexity index is 915. The molecule has 170 valence electrons. The fourth-order valence-corrected chi connectivity index (χ4v) is 3.28. The Labute approximate surface area is 187 Å². The lowest BCUT2D eigenvalue weighted by Gasteiger charge is -2.15. The van der Waals surface area contributed by atoms with Gasteiger partial charge in [-0.25, -0.2) is 0 Å². The van der Waals surface area contributed by atoms with Crippen molar-refractivity contribution in [3.05, 3.63) is 54.1 Å². The van der Waals surface area contributed by atoms with Crippen molar-refractivity contribution < 1.29 is 28.6 Å². The number of ether oxygens (including phenoxy) is 3. The molecule has 3 rings (SSSR count). The van der Waals surface area contributed by atoms with Crippen LogP contribution in [0.4, 0.5) is 0 Å². The first-order valence-electron chi connectivity index (χ1n) is 10.8. The predicted molar refractivity (Wildman–Crippen MR) is 118 cm³/mol. The number of rotatable bonds is 12. The maximum absolute atomic E-state index is 12.5. The summed E-state index contributed by atoms with van der Waals surface area (Å²) in [5.41, 5.74) is 0.440. The molecule has 1 fully saturated rings. The Morgan fingerprint density at radius 3 is 2.38 bits per heavy atom. The molecule has 0 spiro atoms. The van der Waals surface area contributed by atoms with Gasteiger partial charge in [0.1, 0.15) is 19.0 Å². The third-order valence-corrected chi connectivity index (χ3v) is 4.86. The Balaban J connectivity index is 1.47. The van der Waals surface area contributed by atoms with Gasteiger partial charge in [0.15, 0.2) is 11.5 Å². The van der Waals surface area contributed by atoms with Crippen molar-refractivity contribution in [1.82, 2.24) is 10.2 Å². The lowest BCUT2D eigenvalue weighted by atomic mass is 10.2. The van der Waals surface area contributed by atoms with Gasteiger partial charge in [0, 0.05) is 31.5 Å². The molecule has 1 aliphatic heterocycles. The zero-order valence-electron chi connectivity index (χ0n) is 18.2. The monoisotopic (exact) mass is 440 g/mol. The number of nitrogens with zero attached hydrogens (tertiary/aromatic N) is 1. The quantitative estimate of drug-likeness (QED) is 0.403. The lowest BCUT2D eigenvalue weighted by Crippen LogP contribution is -2.33. The topological polar surface area (TPSA) is 94.2 Å². The molecule has 8 nitrogen and oxygen atoms in total. The van der Waals surface area contributed by atoms with E-state index in [2.05, 4.69) is 5.32 Å². The molecule has 3 amide bonds. The van der Waals surface area contributed by atoms with E-state index in [4.69, 9.17) is 14.2 Å². The Morgan fingerprint density at radius 2 is 1.66 bits per heavy atom. The fraction of sp³-hybridized carbons (Fsp3) is 0.375. The van der Waals surface area contributed by atoms with Crippen LogP contribution in [-0.4, -0.2) is 55.5 Å². The molecular formula is C24H28N2O6. The van der Waals surface area contributed by atoms with Crippen molar-refractivity contribution in [2.24, 2.45) is 0 Å². The van der Waals surface area contributed by atoms with Gasteiger partial charge >= 0.3 is 0 Å². The average molecular weight is 440 g/mol. The SMILES string of the molecule is CCOc1cc(C(=O)NCCCN2C(=O)CCC2=O)ccc1OCCOc1ccccc1. The number of hydrogen-bond acceptors (Lipinski definition) is 6. The van der Waals surface area contributed by atoms with E-state index in [0.29, 0.717) is 56.4 Å². The maximum atomic E-state index is 12.5. The van der Waals surface area contributed by atoms with Crippen LogP contribution in [0.3, 0.4) is 0 Å². The summed E-state index contributed by atoms with van der Waals surface area (Å²) in [6.07, 6.45) is 1.06. The first-order valence-corrected chi connectivity index (χ1v) is 10.8. The molecule has 2 aromatic carbocycles. The summed E-state index contributed by atoms with van der Waals surface area (Å²) in [7, 11) is 0. The van der Waals surface area contributed by atoms with Crippen molar-refractivity contribution >= 4 is 17.7 Å². The molecule has 8 heteroatoms. The minimum Gasteiger partial charge on any atom is -0.490 e. The summed E-state index contributed by atoms with van der Waals surface area (Å²) in [6.45, 7) is 3.67. The van der Waals surface area contributed by atoms with Crippen LogP contribution in [0.15, 0.2) is 48.5 Å². The van der Waals surface area contributed by atoms with Crippen LogP contribution >= 0.6 is 0 Å². The largest absolute Gasteiger partial charge is 0.490 e. The summed E-state index contributed by atoms with van der Waals surface area (Å²) < 4.78 is 17.0. The number of nitrogens with one attached hydrogen (secondary N) is 1. The van der Waals surface area contributed by atoms with E-state index in [-0.39, 0.29) is 30.6 Å². The predicted octanol–water partition coefficient (Wildman–Crippen LogP) is 2.81. The molecule has 0 aromatic heterocycles. The Hall–Kier alpha value is -3.55. The van der Waals surface area contributed by atoms with Gasteiger partial charge < -0.3 is 19.5 Å². The number of likely N-dealkylation sites (tertiary alicyclic amines) is 1. The van der Waals surface area contributed by atoms with E-state index in [9.17, 15) is 14.4 Å². The van der Waals surface area contributed by atoms with Crippen LogP contribution in [0.2, 0.25) is 0 Å². The molecule has 0 saturated carbocycles. The number of para-hydroxylation sites is 1. The highest BCUT2D eigenvalue weighted by atomic mass is 16.5. The van der Waals surface area contributed by atoms with E-state index in [0.717, 1.165) is 5.75 Å². The van der Waals surface area contributed by atoms with E-state index >= 15 is 0 Å². The number of benzene rings is 2. The fourth-order valence-electron chi connectivity index (χ4n) is 3.28. The summed E-state index contributed by atoms with van der Waals surface area (Å²) in [4.78, 5) is 37.0. The van der Waals surface area contributed by atoms with Crippen LogP contribution in [-0.2, 0) is 9.59 Å². The van der Waals surface area contributed by atoms with Gasteiger partial charge in [-0.3, -0.25) is 19.3 Å². The van der Waals surface area contributed by atoms with Gasteiger partial charge in [0.25, 0.3) is 5.91 Å². The Morgan fingerprint density at radius 1 is 0.938 bits per heavy atom. The number of carbonyl (C=O) groups is 3. The zero-order chi connectivity index (χ0) is 22.8. The normalized spacial score (nSPS) is 13.2. The smallest absolute Gasteiger partial charge is 0.251 e. The van der Waals surface area contributed by atoms with Gasteiger partial charge in [-0.2, -0.15) is 0 Å². The van der Waals surface area contributed by atoms with Gasteiger partial charge in [0.05, 0.1) is 6.61 Å². The molecule has 32 heavy (non-hydrogen) atoms.